The smallest absolute Gasteiger partial charge is 0.216 e. The van der Waals surface area contributed by atoms with Crippen LogP contribution in [0.25, 0.3) is 0 Å². The first-order valence-corrected chi connectivity index (χ1v) is 4.96. The number of nitrogens with one attached hydrogen (secondary N) is 1. The van der Waals surface area contributed by atoms with Gasteiger partial charge in [-0.3, -0.25) is 4.79 Å². The molecule has 80 valence electrons. The molecule has 0 unspecified atom stereocenters. The van der Waals surface area contributed by atoms with Crippen molar-refractivity contribution in [3.8, 4) is 0 Å². The summed E-state index contributed by atoms with van der Waals surface area (Å²) >= 11 is 0. The maximum atomic E-state index is 10.8. The van der Waals surface area contributed by atoms with E-state index in [9.17, 15) is 4.79 Å². The number of allylic oxidation sites excluding steroid dienone is 2. The van der Waals surface area contributed by atoms with E-state index in [0.29, 0.717) is 12.5 Å². The van der Waals surface area contributed by atoms with E-state index in [1.54, 1.807) is 0 Å². The Bertz CT molecular complexity index is 237. The van der Waals surface area contributed by atoms with Crippen LogP contribution in [0.15, 0.2) is 23.8 Å². The van der Waals surface area contributed by atoms with E-state index in [1.165, 1.54) is 12.5 Å². The summed E-state index contributed by atoms with van der Waals surface area (Å²) in [6.07, 6.45) is 3.14. The summed E-state index contributed by atoms with van der Waals surface area (Å²) < 4.78 is 0. The summed E-state index contributed by atoms with van der Waals surface area (Å²) in [5, 5.41) is 2.82. The Morgan fingerprint density at radius 2 is 1.93 bits per heavy atom. The topological polar surface area (TPSA) is 29.1 Å². The molecule has 0 aromatic heterocycles. The van der Waals surface area contributed by atoms with Crippen molar-refractivity contribution in [2.75, 3.05) is 6.54 Å². The average Bonchev–Trinajstić information content (AvgIpc) is 2.02. The fourth-order valence-corrected chi connectivity index (χ4v) is 1.10. The summed E-state index contributed by atoms with van der Waals surface area (Å²) in [6.45, 7) is 12.3. The van der Waals surface area contributed by atoms with Gasteiger partial charge in [0.1, 0.15) is 0 Å². The second kappa shape index (κ2) is 6.41. The lowest BCUT2D eigenvalue weighted by Gasteiger charge is -2.15. The molecule has 0 bridgehead atoms. The van der Waals surface area contributed by atoms with Crippen molar-refractivity contribution >= 4 is 5.91 Å². The molecule has 1 atom stereocenters. The van der Waals surface area contributed by atoms with Crippen molar-refractivity contribution in [3.63, 3.8) is 0 Å². The standard InChI is InChI=1S/C12H21NO/c1-9(2)6-7-12(10(3)4)8-13-11(5)14/h6,12H,3,7-8H2,1-2,4-5H3,(H,13,14)/t12-/m1/s1. The fraction of sp³-hybridized carbons (Fsp3) is 0.583. The first-order valence-electron chi connectivity index (χ1n) is 4.96. The molecule has 2 nitrogen and oxygen atoms in total. The predicted molar refractivity (Wildman–Crippen MR) is 61.0 cm³/mol. The van der Waals surface area contributed by atoms with Crippen LogP contribution in [0.5, 0.6) is 0 Å². The van der Waals surface area contributed by atoms with E-state index >= 15 is 0 Å². The van der Waals surface area contributed by atoms with Gasteiger partial charge in [-0.1, -0.05) is 23.8 Å². The van der Waals surface area contributed by atoms with Crippen molar-refractivity contribution in [2.45, 2.75) is 34.1 Å². The van der Waals surface area contributed by atoms with Crippen LogP contribution in [0.1, 0.15) is 34.1 Å². The van der Waals surface area contributed by atoms with E-state index in [2.05, 4.69) is 31.8 Å². The minimum absolute atomic E-state index is 0.0217. The Balaban J connectivity index is 4.10. The third-order valence-corrected chi connectivity index (χ3v) is 2.10. The Kier molecular flexibility index (Phi) is 5.93. The van der Waals surface area contributed by atoms with Gasteiger partial charge in [0.2, 0.25) is 5.91 Å². The molecule has 2 heteroatoms. The normalized spacial score (nSPS) is 11.7. The van der Waals surface area contributed by atoms with Crippen molar-refractivity contribution in [1.29, 1.82) is 0 Å². The van der Waals surface area contributed by atoms with Gasteiger partial charge in [0.15, 0.2) is 0 Å². The van der Waals surface area contributed by atoms with Crippen LogP contribution in [-0.2, 0) is 4.79 Å². The number of hydrogen-bond acceptors (Lipinski definition) is 1. The Hall–Kier alpha value is -1.05. The van der Waals surface area contributed by atoms with Crippen LogP contribution >= 0.6 is 0 Å². The third-order valence-electron chi connectivity index (χ3n) is 2.10. The first-order chi connectivity index (χ1) is 6.43. The van der Waals surface area contributed by atoms with Crippen LogP contribution in [0.3, 0.4) is 0 Å². The molecular formula is C12H21NO. The average molecular weight is 195 g/mol. The number of rotatable bonds is 5. The minimum Gasteiger partial charge on any atom is -0.356 e. The molecule has 1 N–H and O–H groups in total. The molecule has 0 saturated heterocycles. The summed E-state index contributed by atoms with van der Waals surface area (Å²) in [5.41, 5.74) is 2.43. The highest BCUT2D eigenvalue weighted by atomic mass is 16.1. The van der Waals surface area contributed by atoms with Crippen molar-refractivity contribution in [1.82, 2.24) is 5.32 Å². The largest absolute Gasteiger partial charge is 0.356 e. The fourth-order valence-electron chi connectivity index (χ4n) is 1.10. The number of carbonyl (C=O) groups is 1. The summed E-state index contributed by atoms with van der Waals surface area (Å²) in [6, 6.07) is 0. The highest BCUT2D eigenvalue weighted by Gasteiger charge is 2.07. The van der Waals surface area contributed by atoms with E-state index in [0.717, 1.165) is 12.0 Å². The molecule has 0 aliphatic carbocycles. The zero-order valence-electron chi connectivity index (χ0n) is 9.68. The van der Waals surface area contributed by atoms with E-state index < -0.39 is 0 Å². The molecule has 0 heterocycles. The van der Waals surface area contributed by atoms with Gasteiger partial charge in [-0.05, 0) is 27.2 Å². The van der Waals surface area contributed by atoms with Gasteiger partial charge in [0.25, 0.3) is 0 Å². The van der Waals surface area contributed by atoms with E-state index in [-0.39, 0.29) is 5.91 Å². The number of amides is 1. The van der Waals surface area contributed by atoms with Crippen LogP contribution in [0.2, 0.25) is 0 Å². The highest BCUT2D eigenvalue weighted by molar-refractivity contribution is 5.72. The summed E-state index contributed by atoms with van der Waals surface area (Å²) in [5.74, 6) is 0.377. The molecule has 0 aliphatic rings. The van der Waals surface area contributed by atoms with Crippen LogP contribution in [-0.4, -0.2) is 12.5 Å². The highest BCUT2D eigenvalue weighted by Crippen LogP contribution is 2.13. The van der Waals surface area contributed by atoms with Crippen molar-refractivity contribution in [3.05, 3.63) is 23.8 Å². The molecule has 0 rings (SSSR count). The molecule has 0 spiro atoms. The first kappa shape index (κ1) is 12.9. The summed E-state index contributed by atoms with van der Waals surface area (Å²) in [4.78, 5) is 10.8. The lowest BCUT2D eigenvalue weighted by molar-refractivity contribution is -0.119. The lowest BCUT2D eigenvalue weighted by atomic mass is 9.97. The van der Waals surface area contributed by atoms with Gasteiger partial charge in [-0.2, -0.15) is 0 Å². The van der Waals surface area contributed by atoms with Gasteiger partial charge < -0.3 is 5.32 Å². The lowest BCUT2D eigenvalue weighted by Crippen LogP contribution is -2.27. The third kappa shape index (κ3) is 6.46. The van der Waals surface area contributed by atoms with Crippen LogP contribution in [0, 0.1) is 5.92 Å². The molecule has 0 aromatic carbocycles. The zero-order chi connectivity index (χ0) is 11.1. The second-order valence-electron chi connectivity index (χ2n) is 4.00. The molecule has 0 aromatic rings. The number of hydrogen-bond donors (Lipinski definition) is 1. The van der Waals surface area contributed by atoms with Crippen LogP contribution < -0.4 is 5.32 Å². The predicted octanol–water partition coefficient (Wildman–Crippen LogP) is 2.67. The summed E-state index contributed by atoms with van der Waals surface area (Å²) in [7, 11) is 0. The quantitative estimate of drug-likeness (QED) is 0.671. The van der Waals surface area contributed by atoms with Gasteiger partial charge in [-0.25, -0.2) is 0 Å². The SMILES string of the molecule is C=C(C)[C@H](CC=C(C)C)CNC(C)=O. The molecule has 14 heavy (non-hydrogen) atoms. The van der Waals surface area contributed by atoms with Crippen LogP contribution in [0.4, 0.5) is 0 Å². The monoisotopic (exact) mass is 195 g/mol. The van der Waals surface area contributed by atoms with Gasteiger partial charge in [0, 0.05) is 19.4 Å². The Morgan fingerprint density at radius 1 is 1.36 bits per heavy atom. The molecule has 0 fully saturated rings. The van der Waals surface area contributed by atoms with Gasteiger partial charge in [-0.15, -0.1) is 0 Å². The zero-order valence-corrected chi connectivity index (χ0v) is 9.68. The number of carbonyl (C=O) groups excluding carboxylic acids is 1. The maximum Gasteiger partial charge on any atom is 0.216 e. The molecule has 0 saturated carbocycles. The maximum absolute atomic E-state index is 10.8. The van der Waals surface area contributed by atoms with E-state index in [4.69, 9.17) is 0 Å². The molecular weight excluding hydrogens is 174 g/mol. The van der Waals surface area contributed by atoms with Gasteiger partial charge >= 0.3 is 0 Å². The van der Waals surface area contributed by atoms with E-state index in [1.807, 2.05) is 6.92 Å². The molecule has 0 radical (unpaired) electrons. The molecule has 0 aliphatic heterocycles. The minimum atomic E-state index is 0.0217. The van der Waals surface area contributed by atoms with Crippen molar-refractivity contribution in [2.24, 2.45) is 5.92 Å². The molecule has 1 amide bonds. The Labute approximate surface area is 87.1 Å². The van der Waals surface area contributed by atoms with Gasteiger partial charge in [0.05, 0.1) is 0 Å². The second-order valence-corrected chi connectivity index (χ2v) is 4.00. The Morgan fingerprint density at radius 3 is 2.29 bits per heavy atom. The van der Waals surface area contributed by atoms with Crippen molar-refractivity contribution < 1.29 is 4.79 Å².